The summed E-state index contributed by atoms with van der Waals surface area (Å²) in [5, 5.41) is 0.843. The Morgan fingerprint density at radius 2 is 1.73 bits per heavy atom. The van der Waals surface area contributed by atoms with Crippen LogP contribution in [0.25, 0.3) is 0 Å². The predicted octanol–water partition coefficient (Wildman–Crippen LogP) is 2.90. The second-order valence-corrected chi connectivity index (χ2v) is 2.95. The Hall–Kier alpha value is -0.150. The Morgan fingerprint density at radius 1 is 1.09 bits per heavy atom. The fourth-order valence-electron chi connectivity index (χ4n) is 0.599. The fourth-order valence-corrected chi connectivity index (χ4v) is 1.17. The van der Waals surface area contributed by atoms with Crippen molar-refractivity contribution in [3.8, 4) is 5.75 Å². The van der Waals surface area contributed by atoms with Crippen LogP contribution in [0.2, 0.25) is 15.1 Å². The lowest BCUT2D eigenvalue weighted by atomic mass is 10.3. The molecule has 5 heteroatoms. The fraction of sp³-hybridized carbons (Fsp3) is 0. The van der Waals surface area contributed by atoms with Gasteiger partial charge in [0.05, 0.1) is 10.0 Å². The molecule has 0 saturated heterocycles. The Kier molecular flexibility index (Phi) is 2.84. The highest BCUT2D eigenvalue weighted by molar-refractivity contribution is 6.48. The molecule has 1 aromatic rings. The van der Waals surface area contributed by atoms with E-state index in [1.807, 2.05) is 0 Å². The Balaban J connectivity index is 3.25. The topological polar surface area (TPSA) is 35.2 Å². The first-order chi connectivity index (χ1) is 5.16. The zero-order valence-corrected chi connectivity index (χ0v) is 7.54. The molecular formula is C6H4Cl3NO. The van der Waals surface area contributed by atoms with Gasteiger partial charge in [-0.3, -0.25) is 0 Å². The number of hydrogen-bond acceptors (Lipinski definition) is 2. The first kappa shape index (κ1) is 8.94. The molecule has 0 atom stereocenters. The van der Waals surface area contributed by atoms with E-state index in [9.17, 15) is 0 Å². The highest BCUT2D eigenvalue weighted by Crippen LogP contribution is 2.36. The average Bonchev–Trinajstić information content (AvgIpc) is 2.01. The van der Waals surface area contributed by atoms with E-state index in [1.165, 1.54) is 6.07 Å². The molecule has 0 saturated carbocycles. The van der Waals surface area contributed by atoms with Crippen molar-refractivity contribution in [3.63, 3.8) is 0 Å². The second kappa shape index (κ2) is 3.50. The minimum atomic E-state index is 0.224. The highest BCUT2D eigenvalue weighted by Gasteiger charge is 2.08. The zero-order chi connectivity index (χ0) is 8.43. The van der Waals surface area contributed by atoms with Crippen LogP contribution in [0, 0.1) is 0 Å². The lowest BCUT2D eigenvalue weighted by molar-refractivity contribution is 0.335. The molecule has 60 valence electrons. The van der Waals surface area contributed by atoms with Crippen LogP contribution >= 0.6 is 34.8 Å². The van der Waals surface area contributed by atoms with Gasteiger partial charge in [0.15, 0.2) is 5.75 Å². The van der Waals surface area contributed by atoms with Gasteiger partial charge in [-0.25, -0.2) is 0 Å². The summed E-state index contributed by atoms with van der Waals surface area (Å²) in [6, 6.07) is 3.09. The van der Waals surface area contributed by atoms with Crippen LogP contribution in [0.5, 0.6) is 5.75 Å². The van der Waals surface area contributed by atoms with Gasteiger partial charge >= 0.3 is 0 Å². The minimum Gasteiger partial charge on any atom is -0.410 e. The van der Waals surface area contributed by atoms with E-state index in [1.54, 1.807) is 6.07 Å². The van der Waals surface area contributed by atoms with Crippen LogP contribution in [0.15, 0.2) is 12.1 Å². The van der Waals surface area contributed by atoms with Crippen LogP contribution in [0.1, 0.15) is 0 Å². The standard InChI is InChI=1S/C6H4Cl3NO/c7-3-1-2-4(11-10)6(9)5(3)8/h1-2H,10H2. The van der Waals surface area contributed by atoms with Crippen molar-refractivity contribution in [2.75, 3.05) is 0 Å². The lowest BCUT2D eigenvalue weighted by Gasteiger charge is -2.03. The van der Waals surface area contributed by atoms with Crippen LogP contribution < -0.4 is 10.7 Å². The van der Waals surface area contributed by atoms with Gasteiger partial charge in [0.1, 0.15) is 5.02 Å². The van der Waals surface area contributed by atoms with E-state index < -0.39 is 0 Å². The van der Waals surface area contributed by atoms with Crippen molar-refractivity contribution in [1.82, 2.24) is 0 Å². The minimum absolute atomic E-state index is 0.224. The summed E-state index contributed by atoms with van der Waals surface area (Å²) in [5.41, 5.74) is 0. The molecule has 0 spiro atoms. The summed E-state index contributed by atoms with van der Waals surface area (Å²) in [4.78, 5) is 4.41. The molecule has 1 aromatic carbocycles. The van der Waals surface area contributed by atoms with Crippen LogP contribution in [-0.4, -0.2) is 0 Å². The molecule has 0 heterocycles. The summed E-state index contributed by atoms with van der Waals surface area (Å²) < 4.78 is 0. The van der Waals surface area contributed by atoms with Crippen molar-refractivity contribution in [1.29, 1.82) is 0 Å². The summed E-state index contributed by atoms with van der Waals surface area (Å²) in [6.07, 6.45) is 0. The Labute approximate surface area is 78.7 Å². The van der Waals surface area contributed by atoms with E-state index in [0.717, 1.165) is 0 Å². The largest absolute Gasteiger partial charge is 0.410 e. The zero-order valence-electron chi connectivity index (χ0n) is 5.27. The van der Waals surface area contributed by atoms with Gasteiger partial charge in [-0.05, 0) is 12.1 Å². The first-order valence-corrected chi connectivity index (χ1v) is 3.80. The molecular weight excluding hydrogens is 208 g/mol. The van der Waals surface area contributed by atoms with E-state index in [0.29, 0.717) is 10.8 Å². The molecule has 0 bridgehead atoms. The molecule has 0 unspecified atom stereocenters. The van der Waals surface area contributed by atoms with Gasteiger partial charge in [0.25, 0.3) is 0 Å². The first-order valence-electron chi connectivity index (χ1n) is 2.67. The average molecular weight is 212 g/mol. The smallest absolute Gasteiger partial charge is 0.167 e. The Bertz CT molecular complexity index is 277. The summed E-state index contributed by atoms with van der Waals surface area (Å²) in [5.74, 6) is 5.19. The van der Waals surface area contributed by atoms with Crippen LogP contribution in [0.3, 0.4) is 0 Å². The number of hydrogen-bond donors (Lipinski definition) is 1. The molecule has 2 nitrogen and oxygen atoms in total. The summed E-state index contributed by atoms with van der Waals surface area (Å²) >= 11 is 17.0. The van der Waals surface area contributed by atoms with Crippen molar-refractivity contribution < 1.29 is 4.84 Å². The number of halogens is 3. The lowest BCUT2D eigenvalue weighted by Crippen LogP contribution is -2.02. The third-order valence-corrected chi connectivity index (χ3v) is 2.40. The summed E-state index contributed by atoms with van der Waals surface area (Å²) in [7, 11) is 0. The van der Waals surface area contributed by atoms with Crippen molar-refractivity contribution in [3.05, 3.63) is 27.2 Å². The molecule has 11 heavy (non-hydrogen) atoms. The number of nitrogens with two attached hydrogens (primary N) is 1. The van der Waals surface area contributed by atoms with Gasteiger partial charge in [-0.2, -0.15) is 5.90 Å². The van der Waals surface area contributed by atoms with E-state index in [2.05, 4.69) is 4.84 Å². The van der Waals surface area contributed by atoms with Gasteiger partial charge in [-0.15, -0.1) is 0 Å². The van der Waals surface area contributed by atoms with Crippen molar-refractivity contribution >= 4 is 34.8 Å². The van der Waals surface area contributed by atoms with Gasteiger partial charge < -0.3 is 4.84 Å². The number of benzene rings is 1. The monoisotopic (exact) mass is 211 g/mol. The SMILES string of the molecule is NOc1ccc(Cl)c(Cl)c1Cl. The maximum absolute atomic E-state index is 5.68. The highest BCUT2D eigenvalue weighted by atomic mass is 35.5. The maximum Gasteiger partial charge on any atom is 0.167 e. The van der Waals surface area contributed by atoms with E-state index in [4.69, 9.17) is 40.7 Å². The third kappa shape index (κ3) is 1.71. The second-order valence-electron chi connectivity index (χ2n) is 1.79. The molecule has 0 aliphatic heterocycles. The van der Waals surface area contributed by atoms with E-state index in [-0.39, 0.29) is 10.0 Å². The van der Waals surface area contributed by atoms with Gasteiger partial charge in [-0.1, -0.05) is 34.8 Å². The molecule has 0 aliphatic carbocycles. The van der Waals surface area contributed by atoms with Crippen LogP contribution in [-0.2, 0) is 0 Å². The maximum atomic E-state index is 5.68. The van der Waals surface area contributed by atoms with Crippen molar-refractivity contribution in [2.45, 2.75) is 0 Å². The van der Waals surface area contributed by atoms with Crippen LogP contribution in [0.4, 0.5) is 0 Å². The van der Waals surface area contributed by atoms with E-state index >= 15 is 0 Å². The molecule has 2 N–H and O–H groups in total. The molecule has 0 fully saturated rings. The van der Waals surface area contributed by atoms with Gasteiger partial charge in [0, 0.05) is 0 Å². The molecule has 0 aliphatic rings. The molecule has 0 amide bonds. The molecule has 1 rings (SSSR count). The molecule has 0 radical (unpaired) electrons. The summed E-state index contributed by atoms with van der Waals surface area (Å²) in [6.45, 7) is 0. The quantitative estimate of drug-likeness (QED) is 0.574. The predicted molar refractivity (Wildman–Crippen MR) is 46.3 cm³/mol. The Morgan fingerprint density at radius 3 is 2.27 bits per heavy atom. The molecule has 0 aromatic heterocycles. The third-order valence-electron chi connectivity index (χ3n) is 1.13. The normalized spacial score (nSPS) is 9.82. The number of rotatable bonds is 1. The van der Waals surface area contributed by atoms with Gasteiger partial charge in [0.2, 0.25) is 0 Å². The van der Waals surface area contributed by atoms with Crippen molar-refractivity contribution in [2.24, 2.45) is 5.90 Å².